The molecule has 1 amide bonds. The minimum Gasteiger partial charge on any atom is -0.339 e. The molecule has 0 spiro atoms. The molecule has 3 heteroatoms. The van der Waals surface area contributed by atoms with Gasteiger partial charge < -0.3 is 4.90 Å². The van der Waals surface area contributed by atoms with Crippen LogP contribution in [0.5, 0.6) is 0 Å². The first-order valence-corrected chi connectivity index (χ1v) is 7.97. The Balaban J connectivity index is 2.03. The second-order valence-corrected chi connectivity index (χ2v) is 6.29. The molecule has 1 aliphatic rings. The summed E-state index contributed by atoms with van der Waals surface area (Å²) in [6, 6.07) is 5.86. The molecular weight excluding hydrogens is 302 g/mol. The van der Waals surface area contributed by atoms with Crippen molar-refractivity contribution in [3.8, 4) is 0 Å². The standard InChI is InChI=1S/C16H22BrNO/c1-3-5-13-8-10-18(11-9-13)16(19)14-6-4-7-15(17)12(14)2/h4,6-7,13H,3,5,8-11H2,1-2H3. The van der Waals surface area contributed by atoms with Crippen LogP contribution in [0.4, 0.5) is 0 Å². The maximum Gasteiger partial charge on any atom is 0.254 e. The Morgan fingerprint density at radius 1 is 1.37 bits per heavy atom. The number of hydrogen-bond donors (Lipinski definition) is 0. The molecule has 1 saturated heterocycles. The van der Waals surface area contributed by atoms with Crippen molar-refractivity contribution in [1.29, 1.82) is 0 Å². The first-order chi connectivity index (χ1) is 9.13. The minimum absolute atomic E-state index is 0.189. The van der Waals surface area contributed by atoms with Crippen molar-refractivity contribution in [2.45, 2.75) is 39.5 Å². The number of rotatable bonds is 3. The van der Waals surface area contributed by atoms with Crippen molar-refractivity contribution in [2.24, 2.45) is 5.92 Å². The van der Waals surface area contributed by atoms with Gasteiger partial charge in [0.1, 0.15) is 0 Å². The van der Waals surface area contributed by atoms with Gasteiger partial charge in [-0.2, -0.15) is 0 Å². The third kappa shape index (κ3) is 3.38. The van der Waals surface area contributed by atoms with E-state index in [4.69, 9.17) is 0 Å². The Bertz CT molecular complexity index is 450. The molecule has 0 bridgehead atoms. The fraction of sp³-hybridized carbons (Fsp3) is 0.562. The van der Waals surface area contributed by atoms with Crippen molar-refractivity contribution in [3.05, 3.63) is 33.8 Å². The average Bonchev–Trinajstić information content (AvgIpc) is 2.42. The first-order valence-electron chi connectivity index (χ1n) is 7.18. The van der Waals surface area contributed by atoms with Crippen molar-refractivity contribution in [3.63, 3.8) is 0 Å². The SMILES string of the molecule is CCCC1CCN(C(=O)c2cccc(Br)c2C)CC1. The fourth-order valence-electron chi connectivity index (χ4n) is 2.84. The molecule has 0 aliphatic carbocycles. The van der Waals surface area contributed by atoms with E-state index in [9.17, 15) is 4.79 Å². The molecule has 1 aromatic rings. The fourth-order valence-corrected chi connectivity index (χ4v) is 3.21. The summed E-state index contributed by atoms with van der Waals surface area (Å²) in [5.41, 5.74) is 1.88. The van der Waals surface area contributed by atoms with E-state index in [0.29, 0.717) is 0 Å². The zero-order valence-electron chi connectivity index (χ0n) is 11.8. The number of piperidine rings is 1. The Labute approximate surface area is 124 Å². The summed E-state index contributed by atoms with van der Waals surface area (Å²) < 4.78 is 1.01. The highest BCUT2D eigenvalue weighted by Gasteiger charge is 2.24. The molecule has 104 valence electrons. The van der Waals surface area contributed by atoms with E-state index in [0.717, 1.165) is 47.4 Å². The smallest absolute Gasteiger partial charge is 0.254 e. The lowest BCUT2D eigenvalue weighted by atomic mass is 9.92. The summed E-state index contributed by atoms with van der Waals surface area (Å²) in [6.45, 7) is 6.06. The van der Waals surface area contributed by atoms with Crippen molar-refractivity contribution < 1.29 is 4.79 Å². The minimum atomic E-state index is 0.189. The maximum atomic E-state index is 12.5. The predicted molar refractivity (Wildman–Crippen MR) is 82.4 cm³/mol. The summed E-state index contributed by atoms with van der Waals surface area (Å²) in [4.78, 5) is 14.6. The Morgan fingerprint density at radius 3 is 2.68 bits per heavy atom. The summed E-state index contributed by atoms with van der Waals surface area (Å²) >= 11 is 3.50. The van der Waals surface area contributed by atoms with Gasteiger partial charge in [0.05, 0.1) is 0 Å². The number of halogens is 1. The summed E-state index contributed by atoms with van der Waals surface area (Å²) in [5, 5.41) is 0. The van der Waals surface area contributed by atoms with Gasteiger partial charge in [-0.15, -0.1) is 0 Å². The van der Waals surface area contributed by atoms with Crippen LogP contribution in [-0.4, -0.2) is 23.9 Å². The van der Waals surface area contributed by atoms with E-state index in [2.05, 4.69) is 22.9 Å². The van der Waals surface area contributed by atoms with E-state index in [1.54, 1.807) is 0 Å². The first kappa shape index (κ1) is 14.6. The molecule has 0 radical (unpaired) electrons. The molecule has 1 aromatic carbocycles. The third-order valence-corrected chi connectivity index (χ3v) is 4.96. The van der Waals surface area contributed by atoms with Gasteiger partial charge in [0.2, 0.25) is 0 Å². The van der Waals surface area contributed by atoms with E-state index < -0.39 is 0 Å². The van der Waals surface area contributed by atoms with Gasteiger partial charge in [0.25, 0.3) is 5.91 Å². The van der Waals surface area contributed by atoms with E-state index in [1.807, 2.05) is 30.0 Å². The molecule has 1 heterocycles. The average molecular weight is 324 g/mol. The molecule has 1 fully saturated rings. The quantitative estimate of drug-likeness (QED) is 0.806. The molecule has 0 saturated carbocycles. The highest BCUT2D eigenvalue weighted by atomic mass is 79.9. The predicted octanol–water partition coefficient (Wildman–Crippen LogP) is 4.41. The number of benzene rings is 1. The van der Waals surface area contributed by atoms with Crippen LogP contribution in [0, 0.1) is 12.8 Å². The Hall–Kier alpha value is -0.830. The number of carbonyl (C=O) groups excluding carboxylic acids is 1. The van der Waals surface area contributed by atoms with Gasteiger partial charge in [-0.1, -0.05) is 41.8 Å². The maximum absolute atomic E-state index is 12.5. The Morgan fingerprint density at radius 2 is 2.05 bits per heavy atom. The molecule has 19 heavy (non-hydrogen) atoms. The molecule has 0 N–H and O–H groups in total. The van der Waals surface area contributed by atoms with Gasteiger partial charge in [-0.3, -0.25) is 4.79 Å². The number of nitrogens with zero attached hydrogens (tertiary/aromatic N) is 1. The molecule has 2 rings (SSSR count). The van der Waals surface area contributed by atoms with E-state index in [1.165, 1.54) is 12.8 Å². The summed E-state index contributed by atoms with van der Waals surface area (Å²) in [5.74, 6) is 1.01. The van der Waals surface area contributed by atoms with Crippen LogP contribution in [0.1, 0.15) is 48.5 Å². The number of likely N-dealkylation sites (tertiary alicyclic amines) is 1. The number of amides is 1. The molecule has 0 unspecified atom stereocenters. The second-order valence-electron chi connectivity index (χ2n) is 5.44. The second kappa shape index (κ2) is 6.56. The van der Waals surface area contributed by atoms with Gasteiger partial charge in [-0.05, 0) is 43.4 Å². The largest absolute Gasteiger partial charge is 0.339 e. The van der Waals surface area contributed by atoms with Gasteiger partial charge >= 0.3 is 0 Å². The molecule has 1 aliphatic heterocycles. The van der Waals surface area contributed by atoms with Crippen LogP contribution in [0.15, 0.2) is 22.7 Å². The van der Waals surface area contributed by atoms with Crippen molar-refractivity contribution in [2.75, 3.05) is 13.1 Å². The van der Waals surface area contributed by atoms with Crippen LogP contribution in [0.25, 0.3) is 0 Å². The van der Waals surface area contributed by atoms with E-state index >= 15 is 0 Å². The van der Waals surface area contributed by atoms with E-state index in [-0.39, 0.29) is 5.91 Å². The van der Waals surface area contributed by atoms with Crippen molar-refractivity contribution in [1.82, 2.24) is 4.90 Å². The van der Waals surface area contributed by atoms with Crippen LogP contribution < -0.4 is 0 Å². The van der Waals surface area contributed by atoms with Crippen molar-refractivity contribution >= 4 is 21.8 Å². The zero-order valence-corrected chi connectivity index (χ0v) is 13.4. The van der Waals surface area contributed by atoms with Crippen LogP contribution in [-0.2, 0) is 0 Å². The molecule has 0 atom stereocenters. The topological polar surface area (TPSA) is 20.3 Å². The number of carbonyl (C=O) groups is 1. The van der Waals surface area contributed by atoms with Crippen LogP contribution >= 0.6 is 15.9 Å². The van der Waals surface area contributed by atoms with Gasteiger partial charge in [-0.25, -0.2) is 0 Å². The Kier molecular flexibility index (Phi) is 5.03. The zero-order chi connectivity index (χ0) is 13.8. The van der Waals surface area contributed by atoms with Crippen LogP contribution in [0.3, 0.4) is 0 Å². The summed E-state index contributed by atoms with van der Waals surface area (Å²) in [7, 11) is 0. The molecule has 0 aromatic heterocycles. The highest BCUT2D eigenvalue weighted by molar-refractivity contribution is 9.10. The van der Waals surface area contributed by atoms with Gasteiger partial charge in [0, 0.05) is 23.1 Å². The normalized spacial score (nSPS) is 16.7. The molecule has 2 nitrogen and oxygen atoms in total. The summed E-state index contributed by atoms with van der Waals surface area (Å²) in [6.07, 6.45) is 4.88. The number of hydrogen-bond acceptors (Lipinski definition) is 1. The highest BCUT2D eigenvalue weighted by Crippen LogP contribution is 2.25. The lowest BCUT2D eigenvalue weighted by Gasteiger charge is -2.32. The lowest BCUT2D eigenvalue weighted by molar-refractivity contribution is 0.0686. The monoisotopic (exact) mass is 323 g/mol. The van der Waals surface area contributed by atoms with Crippen LogP contribution in [0.2, 0.25) is 0 Å². The van der Waals surface area contributed by atoms with Gasteiger partial charge in [0.15, 0.2) is 0 Å². The lowest BCUT2D eigenvalue weighted by Crippen LogP contribution is -2.38. The molecular formula is C16H22BrNO. The third-order valence-electron chi connectivity index (χ3n) is 4.10.